The first-order valence-electron chi connectivity index (χ1n) is 4.06. The molecule has 0 aliphatic carbocycles. The van der Waals surface area contributed by atoms with Crippen LogP contribution in [0.3, 0.4) is 0 Å². The first-order chi connectivity index (χ1) is 6.59. The predicted octanol–water partition coefficient (Wildman–Crippen LogP) is 0.997. The minimum Gasteiger partial charge on any atom is -0.393 e. The van der Waals surface area contributed by atoms with E-state index in [2.05, 4.69) is 22.5 Å². The van der Waals surface area contributed by atoms with E-state index in [1.807, 2.05) is 12.3 Å². The van der Waals surface area contributed by atoms with Gasteiger partial charge in [-0.2, -0.15) is 0 Å². The van der Waals surface area contributed by atoms with E-state index in [4.69, 9.17) is 5.73 Å². The molecule has 14 heavy (non-hydrogen) atoms. The highest BCUT2D eigenvalue weighted by Gasteiger charge is 2.11. The van der Waals surface area contributed by atoms with Crippen molar-refractivity contribution in [3.05, 3.63) is 16.6 Å². The molecule has 1 atom stereocenters. The van der Waals surface area contributed by atoms with Crippen molar-refractivity contribution in [3.63, 3.8) is 0 Å². The number of amides is 1. The van der Waals surface area contributed by atoms with Crippen molar-refractivity contribution in [2.75, 3.05) is 0 Å². The number of nitrogens with one attached hydrogen (secondary N) is 1. The second-order valence-electron chi connectivity index (χ2n) is 2.80. The maximum Gasteiger partial charge on any atom is 0.227 e. The van der Waals surface area contributed by atoms with Crippen molar-refractivity contribution in [1.29, 1.82) is 0 Å². The lowest BCUT2D eigenvalue weighted by molar-refractivity contribution is -0.120. The smallest absolute Gasteiger partial charge is 0.227 e. The lowest BCUT2D eigenvalue weighted by atomic mass is 10.3. The van der Waals surface area contributed by atoms with Crippen LogP contribution >= 0.6 is 23.6 Å². The van der Waals surface area contributed by atoms with Crippen LogP contribution in [0.15, 0.2) is 11.6 Å². The summed E-state index contributed by atoms with van der Waals surface area (Å²) in [5.41, 5.74) is 5.25. The van der Waals surface area contributed by atoms with Gasteiger partial charge in [-0.15, -0.1) is 11.3 Å². The molecule has 76 valence electrons. The normalized spacial score (nSPS) is 12.1. The Hall–Kier alpha value is -1.01. The molecular weight excluding hydrogens is 218 g/mol. The summed E-state index contributed by atoms with van der Waals surface area (Å²) in [5.74, 6) is -0.166. The Bertz CT molecular complexity index is 323. The van der Waals surface area contributed by atoms with E-state index in [1.165, 1.54) is 11.3 Å². The van der Waals surface area contributed by atoms with Gasteiger partial charge in [0.25, 0.3) is 0 Å². The van der Waals surface area contributed by atoms with Crippen molar-refractivity contribution in [1.82, 2.24) is 10.3 Å². The SMILES string of the molecule is CC(NC(=O)CC(N)=S)c1nccs1. The summed E-state index contributed by atoms with van der Waals surface area (Å²) in [6.45, 7) is 1.87. The minimum absolute atomic E-state index is 0.0863. The number of carbonyl (C=O) groups excluding carboxylic acids is 1. The first-order valence-corrected chi connectivity index (χ1v) is 5.35. The molecule has 1 amide bonds. The van der Waals surface area contributed by atoms with Crippen molar-refractivity contribution in [2.24, 2.45) is 5.73 Å². The van der Waals surface area contributed by atoms with Gasteiger partial charge in [0, 0.05) is 11.6 Å². The Morgan fingerprint density at radius 1 is 1.86 bits per heavy atom. The molecule has 0 fully saturated rings. The first kappa shape index (κ1) is 11.1. The van der Waals surface area contributed by atoms with Gasteiger partial charge in [-0.3, -0.25) is 4.79 Å². The van der Waals surface area contributed by atoms with E-state index < -0.39 is 0 Å². The zero-order valence-corrected chi connectivity index (χ0v) is 9.32. The largest absolute Gasteiger partial charge is 0.393 e. The molecular formula is C8H11N3OS2. The van der Waals surface area contributed by atoms with Crippen LogP contribution in [0.4, 0.5) is 0 Å². The van der Waals surface area contributed by atoms with E-state index in [0.717, 1.165) is 5.01 Å². The molecule has 0 radical (unpaired) electrons. The van der Waals surface area contributed by atoms with Crippen LogP contribution in [0.1, 0.15) is 24.4 Å². The van der Waals surface area contributed by atoms with Crippen LogP contribution in [0.5, 0.6) is 0 Å². The number of carbonyl (C=O) groups is 1. The summed E-state index contributed by atoms with van der Waals surface area (Å²) in [6.07, 6.45) is 1.79. The third-order valence-electron chi connectivity index (χ3n) is 1.53. The zero-order valence-electron chi connectivity index (χ0n) is 7.69. The summed E-state index contributed by atoms with van der Waals surface area (Å²) >= 11 is 6.13. The Kier molecular flexibility index (Phi) is 3.97. The van der Waals surface area contributed by atoms with Crippen LogP contribution in [0, 0.1) is 0 Å². The van der Waals surface area contributed by atoms with Gasteiger partial charge >= 0.3 is 0 Å². The number of nitrogens with zero attached hydrogens (tertiary/aromatic N) is 1. The van der Waals surface area contributed by atoms with Gasteiger partial charge in [-0.05, 0) is 6.92 Å². The van der Waals surface area contributed by atoms with Crippen molar-refractivity contribution in [2.45, 2.75) is 19.4 Å². The summed E-state index contributed by atoms with van der Waals surface area (Å²) in [7, 11) is 0. The number of thiazole rings is 1. The number of rotatable bonds is 4. The summed E-state index contributed by atoms with van der Waals surface area (Å²) in [4.78, 5) is 15.5. The number of hydrogen-bond acceptors (Lipinski definition) is 4. The molecule has 6 heteroatoms. The van der Waals surface area contributed by atoms with Gasteiger partial charge in [-0.25, -0.2) is 4.98 Å². The number of nitrogens with two attached hydrogens (primary N) is 1. The van der Waals surface area contributed by atoms with E-state index >= 15 is 0 Å². The molecule has 3 N–H and O–H groups in total. The van der Waals surface area contributed by atoms with Crippen LogP contribution < -0.4 is 11.1 Å². The van der Waals surface area contributed by atoms with E-state index in [-0.39, 0.29) is 23.4 Å². The standard InChI is InChI=1S/C8H11N3OS2/c1-5(8-10-2-3-14-8)11-7(12)4-6(9)13/h2-3,5H,4H2,1H3,(H2,9,13)(H,11,12). The molecule has 0 saturated carbocycles. The highest BCUT2D eigenvalue weighted by Crippen LogP contribution is 2.14. The fraction of sp³-hybridized carbons (Fsp3) is 0.375. The topological polar surface area (TPSA) is 68.0 Å². The second-order valence-corrected chi connectivity index (χ2v) is 4.25. The molecule has 1 aromatic rings. The molecule has 1 aromatic heterocycles. The summed E-state index contributed by atoms with van der Waals surface area (Å²) in [5, 5.41) is 5.50. The molecule has 0 aliphatic heterocycles. The monoisotopic (exact) mass is 229 g/mol. The Morgan fingerprint density at radius 3 is 3.07 bits per heavy atom. The molecule has 0 bridgehead atoms. The summed E-state index contributed by atoms with van der Waals surface area (Å²) in [6, 6.07) is -0.0863. The molecule has 1 rings (SSSR count). The van der Waals surface area contributed by atoms with Gasteiger partial charge in [0.2, 0.25) is 5.91 Å². The average molecular weight is 229 g/mol. The quantitative estimate of drug-likeness (QED) is 0.756. The van der Waals surface area contributed by atoms with Gasteiger partial charge in [0.15, 0.2) is 0 Å². The Morgan fingerprint density at radius 2 is 2.57 bits per heavy atom. The lowest BCUT2D eigenvalue weighted by Crippen LogP contribution is -2.29. The lowest BCUT2D eigenvalue weighted by Gasteiger charge is -2.10. The van der Waals surface area contributed by atoms with Crippen LogP contribution in [-0.2, 0) is 4.79 Å². The highest BCUT2D eigenvalue weighted by molar-refractivity contribution is 7.80. The molecule has 0 spiro atoms. The third-order valence-corrected chi connectivity index (χ3v) is 2.64. The molecule has 1 unspecified atom stereocenters. The van der Waals surface area contributed by atoms with Gasteiger partial charge in [-0.1, -0.05) is 12.2 Å². The average Bonchev–Trinajstić information content (AvgIpc) is 2.53. The Balaban J connectivity index is 2.45. The van der Waals surface area contributed by atoms with Crippen molar-refractivity contribution >= 4 is 34.5 Å². The fourth-order valence-electron chi connectivity index (χ4n) is 0.961. The van der Waals surface area contributed by atoms with E-state index in [0.29, 0.717) is 0 Å². The van der Waals surface area contributed by atoms with Crippen molar-refractivity contribution in [3.8, 4) is 0 Å². The van der Waals surface area contributed by atoms with Crippen LogP contribution in [-0.4, -0.2) is 15.9 Å². The number of aromatic nitrogens is 1. The van der Waals surface area contributed by atoms with E-state index in [1.54, 1.807) is 6.20 Å². The van der Waals surface area contributed by atoms with Gasteiger partial charge < -0.3 is 11.1 Å². The van der Waals surface area contributed by atoms with Crippen molar-refractivity contribution < 1.29 is 4.79 Å². The molecule has 0 saturated heterocycles. The number of hydrogen-bond donors (Lipinski definition) is 2. The molecule has 0 aliphatic rings. The predicted molar refractivity (Wildman–Crippen MR) is 60.1 cm³/mol. The maximum atomic E-state index is 11.3. The Labute approximate surface area is 91.5 Å². The van der Waals surface area contributed by atoms with Gasteiger partial charge in [0.1, 0.15) is 5.01 Å². The molecule has 1 heterocycles. The van der Waals surface area contributed by atoms with Gasteiger partial charge in [0.05, 0.1) is 17.5 Å². The zero-order chi connectivity index (χ0) is 10.6. The summed E-state index contributed by atoms with van der Waals surface area (Å²) < 4.78 is 0. The second kappa shape index (κ2) is 5.02. The molecule has 0 aromatic carbocycles. The highest BCUT2D eigenvalue weighted by atomic mass is 32.1. The van der Waals surface area contributed by atoms with E-state index in [9.17, 15) is 4.79 Å². The number of thiocarbonyl (C=S) groups is 1. The fourth-order valence-corrected chi connectivity index (χ4v) is 1.74. The maximum absolute atomic E-state index is 11.3. The van der Waals surface area contributed by atoms with Crippen LogP contribution in [0.25, 0.3) is 0 Å². The van der Waals surface area contributed by atoms with Crippen LogP contribution in [0.2, 0.25) is 0 Å². The molecule has 4 nitrogen and oxygen atoms in total. The minimum atomic E-state index is -0.166. The third kappa shape index (κ3) is 3.39.